The van der Waals surface area contributed by atoms with E-state index in [9.17, 15) is 5.11 Å². The molecule has 1 N–H and O–H groups in total. The van der Waals surface area contributed by atoms with Crippen molar-refractivity contribution >= 4 is 116 Å². The van der Waals surface area contributed by atoms with Crippen LogP contribution in [0.15, 0.2) is 18.2 Å². The molecule has 1 rings (SSSR count). The van der Waals surface area contributed by atoms with Gasteiger partial charge in [0.2, 0.25) is 7.59 Å². The van der Waals surface area contributed by atoms with Crippen LogP contribution in [0.5, 0.6) is 5.75 Å². The first-order chi connectivity index (χ1) is 9.12. The van der Waals surface area contributed by atoms with Crippen molar-refractivity contribution in [2.75, 3.05) is 0 Å². The Bertz CT molecular complexity index is 528. The third kappa shape index (κ3) is 4.31. The number of hydrogen-bond acceptors (Lipinski definition) is 1. The monoisotopic (exact) mass is 490 g/mol. The van der Waals surface area contributed by atoms with Crippen molar-refractivity contribution in [3.05, 3.63) is 29.3 Å². The molecule has 0 aliphatic rings. The van der Waals surface area contributed by atoms with E-state index < -0.39 is 16.3 Å². The lowest BCUT2D eigenvalue weighted by Gasteiger charge is -2.31. The van der Waals surface area contributed by atoms with Crippen LogP contribution < -0.4 is 0 Å². The van der Waals surface area contributed by atoms with Gasteiger partial charge in [0.05, 0.1) is 0 Å². The summed E-state index contributed by atoms with van der Waals surface area (Å²) in [6.45, 7) is 0. The van der Waals surface area contributed by atoms with Gasteiger partial charge in [0.1, 0.15) is 5.75 Å². The quantitative estimate of drug-likeness (QED) is 0.425. The Morgan fingerprint density at radius 2 is 1.10 bits per heavy atom. The maximum absolute atomic E-state index is 9.87. The van der Waals surface area contributed by atoms with Crippen molar-refractivity contribution in [3.8, 4) is 5.75 Å². The molecule has 0 aliphatic heterocycles. The van der Waals surface area contributed by atoms with Gasteiger partial charge in [0.15, 0.2) is 8.67 Å². The van der Waals surface area contributed by atoms with Gasteiger partial charge in [-0.05, 0) is 17.7 Å². The first-order valence-electron chi connectivity index (χ1n) is 4.85. The van der Waals surface area contributed by atoms with E-state index in [-0.39, 0.29) is 16.9 Å². The van der Waals surface area contributed by atoms with Crippen LogP contribution in [-0.4, -0.2) is 12.7 Å². The first-order valence-corrected chi connectivity index (χ1v) is 8.63. The van der Waals surface area contributed by atoms with Crippen LogP contribution in [0.3, 0.4) is 0 Å². The average Bonchev–Trinajstić information content (AvgIpc) is 2.25. The molecule has 0 aromatic heterocycles. The van der Waals surface area contributed by atoms with Crippen molar-refractivity contribution in [1.82, 2.24) is 0 Å². The van der Waals surface area contributed by atoms with E-state index in [2.05, 4.69) is 0 Å². The summed E-state index contributed by atoms with van der Waals surface area (Å²) in [5.41, 5.74) is -0.0817. The molecule has 21 heavy (non-hydrogen) atoms. The molecule has 0 aliphatic carbocycles. The lowest BCUT2D eigenvalue weighted by molar-refractivity contribution is 0.464. The Balaban J connectivity index is 3.50. The van der Waals surface area contributed by atoms with E-state index in [4.69, 9.17) is 116 Å². The number of rotatable bonds is 2. The maximum atomic E-state index is 9.87. The largest absolute Gasteiger partial charge is 0.508 e. The molecule has 0 unspecified atom stereocenters. The molecule has 0 heterocycles. The molecule has 0 fully saturated rings. The third-order valence-corrected chi connectivity index (χ3v) is 7.25. The fourth-order valence-corrected chi connectivity index (χ4v) is 2.47. The zero-order valence-electron chi connectivity index (χ0n) is 9.46. The highest BCUT2D eigenvalue weighted by Crippen LogP contribution is 2.57. The van der Waals surface area contributed by atoms with Gasteiger partial charge in [0, 0.05) is 5.56 Å². The molecule has 0 spiro atoms. The maximum Gasteiger partial charge on any atom is 0.227 e. The summed E-state index contributed by atoms with van der Waals surface area (Å²) in [5, 5.41) is 9.87. The standard InChI is InChI=1S/C10H4Cl10O/c11-7(12,9(15,16)17)4-1-2-6(21)5(3-4)8(13,14)10(18,19)20/h1-3,21H. The normalized spacial score (nSPS) is 14.4. The molecule has 11 heteroatoms. The Morgan fingerprint density at radius 3 is 1.48 bits per heavy atom. The molecule has 1 aromatic rings. The predicted molar refractivity (Wildman–Crippen MR) is 95.5 cm³/mol. The number of phenolic OH excluding ortho intramolecular Hbond substituents is 1. The highest BCUT2D eigenvalue weighted by atomic mass is 35.6. The second-order valence-corrected chi connectivity index (χ2v) is 11.1. The molecule has 0 bridgehead atoms. The van der Waals surface area contributed by atoms with Crippen molar-refractivity contribution < 1.29 is 5.11 Å². The van der Waals surface area contributed by atoms with Crippen LogP contribution in [0.4, 0.5) is 0 Å². The molecule has 0 amide bonds. The number of aromatic hydroxyl groups is 1. The van der Waals surface area contributed by atoms with E-state index >= 15 is 0 Å². The molecule has 1 nitrogen and oxygen atoms in total. The van der Waals surface area contributed by atoms with Crippen molar-refractivity contribution in [1.29, 1.82) is 0 Å². The smallest absolute Gasteiger partial charge is 0.227 e. The SMILES string of the molecule is Oc1ccc(C(Cl)(Cl)C(Cl)(Cl)Cl)cc1C(Cl)(Cl)C(Cl)(Cl)Cl. The average molecular weight is 495 g/mol. The van der Waals surface area contributed by atoms with Crippen molar-refractivity contribution in [3.63, 3.8) is 0 Å². The summed E-state index contributed by atoms with van der Waals surface area (Å²) in [5.74, 6) is -0.358. The first kappa shape index (κ1) is 21.0. The Morgan fingerprint density at radius 1 is 0.667 bits per heavy atom. The van der Waals surface area contributed by atoms with E-state index in [1.165, 1.54) is 18.2 Å². The second kappa shape index (κ2) is 6.67. The number of halogens is 10. The molecular weight excluding hydrogens is 491 g/mol. The van der Waals surface area contributed by atoms with Gasteiger partial charge in [-0.2, -0.15) is 0 Å². The van der Waals surface area contributed by atoms with Gasteiger partial charge >= 0.3 is 0 Å². The number of alkyl halides is 10. The number of benzene rings is 1. The third-order valence-electron chi connectivity index (χ3n) is 2.41. The van der Waals surface area contributed by atoms with Gasteiger partial charge < -0.3 is 5.11 Å². The predicted octanol–water partition coefficient (Wildman–Crippen LogP) is 7.39. The molecular formula is C10H4Cl10O. The highest BCUT2D eigenvalue weighted by molar-refractivity contribution is 6.76. The summed E-state index contributed by atoms with van der Waals surface area (Å²) in [4.78, 5) is 0. The van der Waals surface area contributed by atoms with E-state index in [0.717, 1.165) is 0 Å². The Kier molecular flexibility index (Phi) is 6.66. The molecule has 0 atom stereocenters. The fourth-order valence-electron chi connectivity index (χ4n) is 1.30. The van der Waals surface area contributed by atoms with Crippen LogP contribution in [-0.2, 0) is 8.67 Å². The van der Waals surface area contributed by atoms with Crippen LogP contribution in [0.1, 0.15) is 11.1 Å². The fraction of sp³-hybridized carbons (Fsp3) is 0.400. The minimum absolute atomic E-state index is 0.0820. The van der Waals surface area contributed by atoms with Crippen LogP contribution >= 0.6 is 116 Å². The summed E-state index contributed by atoms with van der Waals surface area (Å²) in [6.07, 6.45) is 0. The van der Waals surface area contributed by atoms with Crippen LogP contribution in [0, 0.1) is 0 Å². The van der Waals surface area contributed by atoms with Crippen LogP contribution in [0.25, 0.3) is 0 Å². The minimum Gasteiger partial charge on any atom is -0.508 e. The number of phenols is 1. The van der Waals surface area contributed by atoms with Crippen LogP contribution in [0.2, 0.25) is 0 Å². The van der Waals surface area contributed by atoms with Gasteiger partial charge in [-0.3, -0.25) is 0 Å². The molecule has 0 saturated carbocycles. The second-order valence-electron chi connectivity index (χ2n) is 3.88. The summed E-state index contributed by atoms with van der Waals surface area (Å²) < 4.78 is -8.30. The summed E-state index contributed by atoms with van der Waals surface area (Å²) in [7, 11) is 0. The highest BCUT2D eigenvalue weighted by Gasteiger charge is 2.51. The van der Waals surface area contributed by atoms with Gasteiger partial charge in [-0.25, -0.2) is 0 Å². The minimum atomic E-state index is -2.16. The molecule has 1 aromatic carbocycles. The summed E-state index contributed by atoms with van der Waals surface area (Å²) >= 11 is 58.3. The zero-order valence-corrected chi connectivity index (χ0v) is 17.0. The lowest BCUT2D eigenvalue weighted by atomic mass is 10.0. The summed E-state index contributed by atoms with van der Waals surface area (Å²) in [6, 6.07) is 3.67. The van der Waals surface area contributed by atoms with Crippen molar-refractivity contribution in [2.45, 2.75) is 16.3 Å². The van der Waals surface area contributed by atoms with Gasteiger partial charge in [-0.15, -0.1) is 0 Å². The molecule has 0 saturated heterocycles. The van der Waals surface area contributed by atoms with E-state index in [1.54, 1.807) is 0 Å². The van der Waals surface area contributed by atoms with Crippen molar-refractivity contribution in [2.24, 2.45) is 0 Å². The zero-order chi connectivity index (χ0) is 16.9. The topological polar surface area (TPSA) is 20.2 Å². The van der Waals surface area contributed by atoms with E-state index in [1.807, 2.05) is 0 Å². The number of hydrogen-bond donors (Lipinski definition) is 1. The van der Waals surface area contributed by atoms with Gasteiger partial charge in [-0.1, -0.05) is 122 Å². The Labute approximate surface area is 171 Å². The molecule has 0 radical (unpaired) electrons. The van der Waals surface area contributed by atoms with Gasteiger partial charge in [0.25, 0.3) is 0 Å². The lowest BCUT2D eigenvalue weighted by Crippen LogP contribution is -2.31. The molecule has 120 valence electrons. The Hall–Kier alpha value is 1.92. The van der Waals surface area contributed by atoms with E-state index in [0.29, 0.717) is 0 Å².